The molecular formula is C33H29ClN2O5. The Morgan fingerprint density at radius 2 is 1.56 bits per heavy atom. The highest BCUT2D eigenvalue weighted by molar-refractivity contribution is 6.32. The van der Waals surface area contributed by atoms with Crippen LogP contribution in [0.3, 0.4) is 0 Å². The van der Waals surface area contributed by atoms with Gasteiger partial charge in [-0.1, -0.05) is 66.2 Å². The number of halogens is 1. The number of hydrogen-bond donors (Lipinski definition) is 1. The number of nitriles is 1. The molecule has 0 radical (unpaired) electrons. The van der Waals surface area contributed by atoms with Gasteiger partial charge in [-0.05, 0) is 65.6 Å². The highest BCUT2D eigenvalue weighted by atomic mass is 35.5. The molecule has 1 N–H and O–H groups in total. The van der Waals surface area contributed by atoms with Crippen LogP contribution in [0.25, 0.3) is 6.08 Å². The van der Waals surface area contributed by atoms with Crippen LogP contribution in [0, 0.1) is 18.3 Å². The molecule has 0 saturated carbocycles. The normalized spacial score (nSPS) is 10.9. The molecule has 8 heteroatoms. The highest BCUT2D eigenvalue weighted by Crippen LogP contribution is 2.38. The zero-order chi connectivity index (χ0) is 29.2. The van der Waals surface area contributed by atoms with E-state index in [2.05, 4.69) is 5.32 Å². The first-order valence-electron chi connectivity index (χ1n) is 12.7. The van der Waals surface area contributed by atoms with Crippen LogP contribution in [0.4, 0.5) is 5.69 Å². The fourth-order valence-corrected chi connectivity index (χ4v) is 4.27. The largest absolute Gasteiger partial charge is 0.493 e. The molecule has 1 amide bonds. The smallest absolute Gasteiger partial charge is 0.266 e. The van der Waals surface area contributed by atoms with Gasteiger partial charge in [-0.15, -0.1) is 0 Å². The summed E-state index contributed by atoms with van der Waals surface area (Å²) in [5, 5.41) is 12.7. The molecule has 0 atom stereocenters. The van der Waals surface area contributed by atoms with Crippen molar-refractivity contribution in [1.29, 1.82) is 5.26 Å². The number of rotatable bonds is 11. The van der Waals surface area contributed by atoms with Gasteiger partial charge in [0.05, 0.1) is 19.2 Å². The van der Waals surface area contributed by atoms with Gasteiger partial charge in [0.1, 0.15) is 24.9 Å². The minimum atomic E-state index is -0.526. The molecule has 0 bridgehead atoms. The summed E-state index contributed by atoms with van der Waals surface area (Å²) in [7, 11) is 3.07. The Morgan fingerprint density at radius 3 is 2.27 bits per heavy atom. The molecule has 41 heavy (non-hydrogen) atoms. The molecule has 0 fully saturated rings. The summed E-state index contributed by atoms with van der Waals surface area (Å²) in [6.45, 7) is 2.48. The van der Waals surface area contributed by atoms with Crippen LogP contribution in [0.1, 0.15) is 22.3 Å². The minimum absolute atomic E-state index is 0.0818. The number of carbonyl (C=O) groups is 1. The molecule has 4 rings (SSSR count). The Bertz CT molecular complexity index is 1600. The number of ether oxygens (including phenoxy) is 4. The van der Waals surface area contributed by atoms with Gasteiger partial charge < -0.3 is 24.3 Å². The number of anilines is 1. The van der Waals surface area contributed by atoms with Crippen molar-refractivity contribution < 1.29 is 23.7 Å². The Hall–Kier alpha value is -4.93. The quantitative estimate of drug-likeness (QED) is 0.150. The van der Waals surface area contributed by atoms with E-state index in [1.807, 2.05) is 79.7 Å². The third-order valence-corrected chi connectivity index (χ3v) is 6.45. The molecule has 0 unspecified atom stereocenters. The lowest BCUT2D eigenvalue weighted by atomic mass is 10.1. The topological polar surface area (TPSA) is 89.8 Å². The van der Waals surface area contributed by atoms with Gasteiger partial charge in [0, 0.05) is 5.69 Å². The molecule has 0 heterocycles. The summed E-state index contributed by atoms with van der Waals surface area (Å²) in [5.74, 6) is 1.36. The number of methoxy groups -OCH3 is 2. The van der Waals surface area contributed by atoms with Crippen molar-refractivity contribution in [1.82, 2.24) is 0 Å². The summed E-state index contributed by atoms with van der Waals surface area (Å²) in [6.07, 6.45) is 1.45. The van der Waals surface area contributed by atoms with Crippen molar-refractivity contribution in [2.45, 2.75) is 20.1 Å². The second-order valence-electron chi connectivity index (χ2n) is 9.02. The van der Waals surface area contributed by atoms with E-state index in [1.54, 1.807) is 25.3 Å². The van der Waals surface area contributed by atoms with Crippen molar-refractivity contribution in [3.63, 3.8) is 0 Å². The Kier molecular flexibility index (Phi) is 9.87. The second kappa shape index (κ2) is 13.9. The molecule has 0 aromatic heterocycles. The van der Waals surface area contributed by atoms with E-state index < -0.39 is 5.91 Å². The number of hydrogen-bond acceptors (Lipinski definition) is 6. The monoisotopic (exact) mass is 568 g/mol. The van der Waals surface area contributed by atoms with Crippen LogP contribution in [0.15, 0.2) is 90.5 Å². The van der Waals surface area contributed by atoms with Gasteiger partial charge in [-0.25, -0.2) is 0 Å². The predicted octanol–water partition coefficient (Wildman–Crippen LogP) is 7.37. The Morgan fingerprint density at radius 1 is 0.854 bits per heavy atom. The van der Waals surface area contributed by atoms with Gasteiger partial charge in [-0.2, -0.15) is 5.26 Å². The van der Waals surface area contributed by atoms with Crippen LogP contribution in [0.5, 0.6) is 23.0 Å². The standard InChI is InChI=1S/C33H29ClN2O5/c1-22-9-7-8-12-28(22)36-33(37)26(19-35)15-25-16-27(34)32(31(18-25)39-3)41-21-24-13-14-29(30(17-24)38-2)40-20-23-10-5-4-6-11-23/h4-18H,20-21H2,1-3H3,(H,36,37)/b26-15-. The molecule has 208 valence electrons. The fourth-order valence-electron chi connectivity index (χ4n) is 3.99. The van der Waals surface area contributed by atoms with Crippen LogP contribution >= 0.6 is 11.6 Å². The third kappa shape index (κ3) is 7.59. The molecule has 4 aromatic rings. The first-order chi connectivity index (χ1) is 19.9. The number of nitrogens with zero attached hydrogens (tertiary/aromatic N) is 1. The predicted molar refractivity (Wildman–Crippen MR) is 160 cm³/mol. The molecule has 0 saturated heterocycles. The zero-order valence-electron chi connectivity index (χ0n) is 22.9. The van der Waals surface area contributed by atoms with Crippen LogP contribution in [0.2, 0.25) is 5.02 Å². The summed E-state index contributed by atoms with van der Waals surface area (Å²) >= 11 is 6.56. The third-order valence-electron chi connectivity index (χ3n) is 6.17. The number of para-hydroxylation sites is 1. The number of benzene rings is 4. The molecule has 4 aromatic carbocycles. The Labute approximate surface area is 244 Å². The molecule has 7 nitrogen and oxygen atoms in total. The molecule has 0 aliphatic rings. The van der Waals surface area contributed by atoms with Gasteiger partial charge in [0.25, 0.3) is 5.91 Å². The Balaban J connectivity index is 1.47. The summed E-state index contributed by atoms with van der Waals surface area (Å²) in [6, 6.07) is 28.0. The van der Waals surface area contributed by atoms with Crippen LogP contribution in [-0.2, 0) is 18.0 Å². The lowest BCUT2D eigenvalue weighted by molar-refractivity contribution is -0.112. The van der Waals surface area contributed by atoms with Gasteiger partial charge >= 0.3 is 0 Å². The van der Waals surface area contributed by atoms with Crippen LogP contribution in [-0.4, -0.2) is 20.1 Å². The number of aryl methyl sites for hydroxylation is 1. The van der Waals surface area contributed by atoms with Gasteiger partial charge in [0.15, 0.2) is 23.0 Å². The van der Waals surface area contributed by atoms with E-state index in [4.69, 9.17) is 30.5 Å². The van der Waals surface area contributed by atoms with E-state index >= 15 is 0 Å². The molecular weight excluding hydrogens is 540 g/mol. The first kappa shape index (κ1) is 29.1. The van der Waals surface area contributed by atoms with Crippen LogP contribution < -0.4 is 24.3 Å². The SMILES string of the molecule is COc1cc(COc2c(Cl)cc(/C=C(/C#N)C(=O)Nc3ccccc3C)cc2OC)ccc1OCc1ccccc1. The average Bonchev–Trinajstić information content (AvgIpc) is 2.99. The van der Waals surface area contributed by atoms with Crippen molar-refractivity contribution in [2.24, 2.45) is 0 Å². The summed E-state index contributed by atoms with van der Waals surface area (Å²) in [4.78, 5) is 12.7. The van der Waals surface area contributed by atoms with E-state index in [9.17, 15) is 10.1 Å². The maximum atomic E-state index is 12.7. The lowest BCUT2D eigenvalue weighted by Crippen LogP contribution is -2.14. The zero-order valence-corrected chi connectivity index (χ0v) is 23.7. The van der Waals surface area contributed by atoms with Crippen molar-refractivity contribution in [3.8, 4) is 29.1 Å². The van der Waals surface area contributed by atoms with E-state index in [0.717, 1.165) is 16.7 Å². The van der Waals surface area contributed by atoms with Crippen molar-refractivity contribution >= 4 is 29.3 Å². The van der Waals surface area contributed by atoms with Crippen molar-refractivity contribution in [3.05, 3.63) is 118 Å². The van der Waals surface area contributed by atoms with Crippen molar-refractivity contribution in [2.75, 3.05) is 19.5 Å². The number of carbonyl (C=O) groups excluding carboxylic acids is 1. The lowest BCUT2D eigenvalue weighted by Gasteiger charge is -2.15. The number of amides is 1. The van der Waals surface area contributed by atoms with Gasteiger partial charge in [0.2, 0.25) is 0 Å². The number of nitrogens with one attached hydrogen (secondary N) is 1. The maximum absolute atomic E-state index is 12.7. The summed E-state index contributed by atoms with van der Waals surface area (Å²) < 4.78 is 23.0. The maximum Gasteiger partial charge on any atom is 0.266 e. The highest BCUT2D eigenvalue weighted by Gasteiger charge is 2.16. The second-order valence-corrected chi connectivity index (χ2v) is 9.43. The summed E-state index contributed by atoms with van der Waals surface area (Å²) in [5.41, 5.74) is 3.83. The molecule has 0 spiro atoms. The fraction of sp³-hybridized carbons (Fsp3) is 0.152. The minimum Gasteiger partial charge on any atom is -0.493 e. The molecule has 0 aliphatic carbocycles. The first-order valence-corrected chi connectivity index (χ1v) is 13.1. The molecule has 0 aliphatic heterocycles. The van der Waals surface area contributed by atoms with E-state index in [-0.39, 0.29) is 17.2 Å². The average molecular weight is 569 g/mol. The van der Waals surface area contributed by atoms with Gasteiger partial charge in [-0.3, -0.25) is 4.79 Å². The van der Waals surface area contributed by atoms with E-state index in [0.29, 0.717) is 40.9 Å². The van der Waals surface area contributed by atoms with E-state index in [1.165, 1.54) is 13.2 Å².